The third-order valence-electron chi connectivity index (χ3n) is 3.05. The average molecular weight is 280 g/mol. The van der Waals surface area contributed by atoms with E-state index in [-0.39, 0.29) is 0 Å². The monoisotopic (exact) mass is 279 g/mol. The molecule has 1 aromatic carbocycles. The molecule has 2 heteroatoms. The summed E-state index contributed by atoms with van der Waals surface area (Å²) in [5.41, 5.74) is 2.68. The number of hydrogen-bond donors (Lipinski definition) is 1. The summed E-state index contributed by atoms with van der Waals surface area (Å²) in [4.78, 5) is 3.35. The van der Waals surface area contributed by atoms with Crippen molar-refractivity contribution in [3.05, 3.63) is 34.4 Å². The molecule has 0 atom stereocenters. The summed E-state index contributed by atoms with van der Waals surface area (Å²) in [5, 5.41) is 1.37. The van der Waals surface area contributed by atoms with Crippen molar-refractivity contribution in [1.29, 1.82) is 0 Å². The molecule has 0 amide bonds. The maximum Gasteiger partial charge on any atom is 0.0601 e. The SMILES string of the molecule is CCCCCCc1c[nH]c2c(Br)cccc12. The first-order valence-electron chi connectivity index (χ1n) is 6.07. The number of hydrogen-bond acceptors (Lipinski definition) is 0. The number of benzene rings is 1. The molecule has 0 saturated carbocycles. The first-order chi connectivity index (χ1) is 7.83. The van der Waals surface area contributed by atoms with E-state index in [1.165, 1.54) is 48.6 Å². The molecule has 0 unspecified atom stereocenters. The third kappa shape index (κ3) is 2.49. The lowest BCUT2D eigenvalue weighted by molar-refractivity contribution is 0.668. The van der Waals surface area contributed by atoms with Crippen LogP contribution in [0, 0.1) is 0 Å². The van der Waals surface area contributed by atoms with Crippen LogP contribution in [0.4, 0.5) is 0 Å². The largest absolute Gasteiger partial charge is 0.360 e. The van der Waals surface area contributed by atoms with Gasteiger partial charge in [-0.2, -0.15) is 0 Å². The number of aromatic nitrogens is 1. The molecule has 0 aliphatic rings. The van der Waals surface area contributed by atoms with Gasteiger partial charge in [-0.1, -0.05) is 38.3 Å². The molecule has 0 fully saturated rings. The lowest BCUT2D eigenvalue weighted by Gasteiger charge is -1.99. The van der Waals surface area contributed by atoms with Crippen molar-refractivity contribution in [3.8, 4) is 0 Å². The van der Waals surface area contributed by atoms with Crippen molar-refractivity contribution in [2.24, 2.45) is 0 Å². The van der Waals surface area contributed by atoms with E-state index in [1.54, 1.807) is 0 Å². The summed E-state index contributed by atoms with van der Waals surface area (Å²) in [6.07, 6.45) is 8.65. The summed E-state index contributed by atoms with van der Waals surface area (Å²) in [6.45, 7) is 2.25. The van der Waals surface area contributed by atoms with Crippen LogP contribution in [-0.4, -0.2) is 4.98 Å². The molecule has 0 aliphatic carbocycles. The quantitative estimate of drug-likeness (QED) is 0.737. The van der Waals surface area contributed by atoms with E-state index in [9.17, 15) is 0 Å². The summed E-state index contributed by atoms with van der Waals surface area (Å²) in [6, 6.07) is 6.39. The van der Waals surface area contributed by atoms with E-state index in [0.29, 0.717) is 0 Å². The van der Waals surface area contributed by atoms with Crippen LogP contribution < -0.4 is 0 Å². The molecule has 0 aliphatic heterocycles. The fourth-order valence-corrected chi connectivity index (χ4v) is 2.61. The molecule has 2 rings (SSSR count). The number of halogens is 1. The van der Waals surface area contributed by atoms with Gasteiger partial charge < -0.3 is 4.98 Å². The third-order valence-corrected chi connectivity index (χ3v) is 3.71. The lowest BCUT2D eigenvalue weighted by atomic mass is 10.1. The fraction of sp³-hybridized carbons (Fsp3) is 0.429. The minimum absolute atomic E-state index is 1.16. The number of H-pyrrole nitrogens is 1. The zero-order valence-corrected chi connectivity index (χ0v) is 11.3. The summed E-state index contributed by atoms with van der Waals surface area (Å²) < 4.78 is 1.16. The molecule has 16 heavy (non-hydrogen) atoms. The summed E-state index contributed by atoms with van der Waals surface area (Å²) >= 11 is 3.57. The highest BCUT2D eigenvalue weighted by Crippen LogP contribution is 2.26. The maximum atomic E-state index is 3.57. The number of unbranched alkanes of at least 4 members (excludes halogenated alkanes) is 3. The van der Waals surface area contributed by atoms with Crippen LogP contribution in [0.1, 0.15) is 38.2 Å². The Kier molecular flexibility index (Phi) is 4.05. The maximum absolute atomic E-state index is 3.57. The van der Waals surface area contributed by atoms with Gasteiger partial charge in [0, 0.05) is 16.1 Å². The molecule has 1 aromatic heterocycles. The van der Waals surface area contributed by atoms with Gasteiger partial charge in [0.15, 0.2) is 0 Å². The van der Waals surface area contributed by atoms with Crippen molar-refractivity contribution in [1.82, 2.24) is 4.98 Å². The van der Waals surface area contributed by atoms with Crippen molar-refractivity contribution in [3.63, 3.8) is 0 Å². The average Bonchev–Trinajstić information content (AvgIpc) is 2.70. The molecule has 0 spiro atoms. The molecule has 0 bridgehead atoms. The standard InChI is InChI=1S/C14H18BrN/c1-2-3-4-5-7-11-10-16-14-12(11)8-6-9-13(14)15/h6,8-10,16H,2-5,7H2,1H3. The first-order valence-corrected chi connectivity index (χ1v) is 6.86. The minimum atomic E-state index is 1.16. The first kappa shape index (κ1) is 11.7. The number of nitrogens with one attached hydrogen (secondary N) is 1. The highest BCUT2D eigenvalue weighted by molar-refractivity contribution is 9.10. The fourth-order valence-electron chi connectivity index (χ4n) is 2.12. The molecule has 0 radical (unpaired) electrons. The van der Waals surface area contributed by atoms with Gasteiger partial charge in [-0.15, -0.1) is 0 Å². The van der Waals surface area contributed by atoms with Crippen LogP contribution in [0.15, 0.2) is 28.9 Å². The number of aromatic amines is 1. The summed E-state index contributed by atoms with van der Waals surface area (Å²) in [7, 11) is 0. The van der Waals surface area contributed by atoms with Gasteiger partial charge in [0.25, 0.3) is 0 Å². The van der Waals surface area contributed by atoms with E-state index in [0.717, 1.165) is 4.47 Å². The van der Waals surface area contributed by atoms with Crippen molar-refractivity contribution < 1.29 is 0 Å². The van der Waals surface area contributed by atoms with Crippen molar-refractivity contribution in [2.45, 2.75) is 39.0 Å². The predicted molar refractivity (Wildman–Crippen MR) is 73.8 cm³/mol. The van der Waals surface area contributed by atoms with E-state index in [1.807, 2.05) is 0 Å². The van der Waals surface area contributed by atoms with Gasteiger partial charge in [-0.3, -0.25) is 0 Å². The highest BCUT2D eigenvalue weighted by Gasteiger charge is 2.05. The molecular weight excluding hydrogens is 262 g/mol. The van der Waals surface area contributed by atoms with Gasteiger partial charge in [0.05, 0.1) is 5.52 Å². The molecule has 1 N–H and O–H groups in total. The summed E-state index contributed by atoms with van der Waals surface area (Å²) in [5.74, 6) is 0. The second-order valence-electron chi connectivity index (χ2n) is 4.29. The Labute approximate surface area is 105 Å². The van der Waals surface area contributed by atoms with Crippen LogP contribution in [0.25, 0.3) is 10.9 Å². The Hall–Kier alpha value is -0.760. The van der Waals surface area contributed by atoms with Crippen LogP contribution in [0.5, 0.6) is 0 Å². The minimum Gasteiger partial charge on any atom is -0.360 e. The lowest BCUT2D eigenvalue weighted by Crippen LogP contribution is -1.83. The Bertz CT molecular complexity index is 459. The van der Waals surface area contributed by atoms with Crippen LogP contribution in [-0.2, 0) is 6.42 Å². The zero-order chi connectivity index (χ0) is 11.4. The molecule has 0 saturated heterocycles. The predicted octanol–water partition coefficient (Wildman–Crippen LogP) is 5.05. The van der Waals surface area contributed by atoms with Gasteiger partial charge in [-0.25, -0.2) is 0 Å². The van der Waals surface area contributed by atoms with Gasteiger partial charge in [0.1, 0.15) is 0 Å². The normalized spacial score (nSPS) is 11.1. The highest BCUT2D eigenvalue weighted by atomic mass is 79.9. The van der Waals surface area contributed by atoms with Crippen LogP contribution >= 0.6 is 15.9 Å². The van der Waals surface area contributed by atoms with E-state index in [2.05, 4.69) is 52.2 Å². The molecular formula is C14H18BrN. The Morgan fingerprint density at radius 1 is 1.19 bits per heavy atom. The molecule has 86 valence electrons. The van der Waals surface area contributed by atoms with Gasteiger partial charge in [0.2, 0.25) is 0 Å². The van der Waals surface area contributed by atoms with Crippen molar-refractivity contribution in [2.75, 3.05) is 0 Å². The number of para-hydroxylation sites is 1. The van der Waals surface area contributed by atoms with Crippen LogP contribution in [0.2, 0.25) is 0 Å². The van der Waals surface area contributed by atoms with Crippen molar-refractivity contribution >= 4 is 26.8 Å². The number of aryl methyl sites for hydroxylation is 1. The molecule has 1 nitrogen and oxygen atoms in total. The van der Waals surface area contributed by atoms with E-state index < -0.39 is 0 Å². The second kappa shape index (κ2) is 5.53. The second-order valence-corrected chi connectivity index (χ2v) is 5.14. The smallest absolute Gasteiger partial charge is 0.0601 e. The van der Waals surface area contributed by atoms with Gasteiger partial charge in [-0.05, 0) is 40.4 Å². The molecule has 1 heterocycles. The Balaban J connectivity index is 2.10. The van der Waals surface area contributed by atoms with E-state index >= 15 is 0 Å². The number of fused-ring (bicyclic) bond motifs is 1. The Morgan fingerprint density at radius 2 is 2.06 bits per heavy atom. The Morgan fingerprint density at radius 3 is 2.88 bits per heavy atom. The topological polar surface area (TPSA) is 15.8 Å². The molecule has 2 aromatic rings. The zero-order valence-electron chi connectivity index (χ0n) is 9.72. The van der Waals surface area contributed by atoms with Gasteiger partial charge >= 0.3 is 0 Å². The number of rotatable bonds is 5. The van der Waals surface area contributed by atoms with E-state index in [4.69, 9.17) is 0 Å². The van der Waals surface area contributed by atoms with Crippen LogP contribution in [0.3, 0.4) is 0 Å².